The lowest BCUT2D eigenvalue weighted by molar-refractivity contribution is -0.140. The highest BCUT2D eigenvalue weighted by atomic mass is 35.5. The molecule has 0 unspecified atom stereocenters. The van der Waals surface area contributed by atoms with E-state index in [-0.39, 0.29) is 24.3 Å². The lowest BCUT2D eigenvalue weighted by Crippen LogP contribution is -2.43. The average molecular weight is 591 g/mol. The molecule has 2 amide bonds. The number of hydrogen-bond donors (Lipinski definition) is 0. The smallest absolute Gasteiger partial charge is 0.271 e. The van der Waals surface area contributed by atoms with E-state index in [1.54, 1.807) is 56.5 Å². The van der Waals surface area contributed by atoms with Crippen LogP contribution in [-0.4, -0.2) is 37.0 Å². The fourth-order valence-corrected chi connectivity index (χ4v) is 4.79. The molecule has 41 heavy (non-hydrogen) atoms. The minimum atomic E-state index is -0.597. The van der Waals surface area contributed by atoms with Crippen LogP contribution in [0.25, 0.3) is 6.08 Å². The first-order valence-electron chi connectivity index (χ1n) is 12.9. The van der Waals surface area contributed by atoms with E-state index in [4.69, 9.17) is 37.4 Å². The molecule has 1 aliphatic heterocycles. The second-order valence-electron chi connectivity index (χ2n) is 9.19. The van der Waals surface area contributed by atoms with Crippen LogP contribution in [0, 0.1) is 11.3 Å². The topological polar surface area (TPSA) is 88.9 Å². The summed E-state index contributed by atoms with van der Waals surface area (Å²) >= 11 is 12.3. The molecule has 0 atom stereocenters. The van der Waals surface area contributed by atoms with Crippen molar-refractivity contribution in [3.63, 3.8) is 0 Å². The monoisotopic (exact) mass is 590 g/mol. The molecule has 0 radical (unpaired) electrons. The van der Waals surface area contributed by atoms with Gasteiger partial charge in [0.05, 0.1) is 13.7 Å². The number of halogens is 2. The molecule has 0 saturated heterocycles. The van der Waals surface area contributed by atoms with Gasteiger partial charge in [-0.25, -0.2) is 0 Å². The van der Waals surface area contributed by atoms with Crippen molar-refractivity contribution in [3.05, 3.63) is 104 Å². The van der Waals surface area contributed by atoms with Crippen molar-refractivity contribution in [2.24, 2.45) is 0 Å². The van der Waals surface area contributed by atoms with Crippen molar-refractivity contribution in [3.8, 4) is 23.3 Å². The number of carbonyl (C=O) groups is 2. The van der Waals surface area contributed by atoms with E-state index in [0.29, 0.717) is 51.5 Å². The van der Waals surface area contributed by atoms with Crippen molar-refractivity contribution in [1.82, 2.24) is 4.90 Å². The zero-order chi connectivity index (χ0) is 29.5. The minimum Gasteiger partial charge on any atom is -0.497 e. The number of rotatable bonds is 10. The standard InChI is InChI=1S/C32H28Cl2N2O5/c1-4-40-30-16-22(7-12-29(30)41-19-23-8-9-24(33)17-28(23)34)15-26-20(2)27(18-35)32(38)36(31(26)37)14-13-21-5-10-25(39-3)11-6-21/h5-12,15-17H,4,13-14,19H2,1-3H3/b26-15+. The lowest BCUT2D eigenvalue weighted by Gasteiger charge is -2.27. The van der Waals surface area contributed by atoms with Gasteiger partial charge in [-0.2, -0.15) is 5.26 Å². The first-order valence-corrected chi connectivity index (χ1v) is 13.7. The number of benzene rings is 3. The summed E-state index contributed by atoms with van der Waals surface area (Å²) in [5.41, 5.74) is 2.88. The molecule has 1 aliphatic rings. The van der Waals surface area contributed by atoms with Crippen molar-refractivity contribution in [2.75, 3.05) is 20.3 Å². The zero-order valence-electron chi connectivity index (χ0n) is 22.9. The summed E-state index contributed by atoms with van der Waals surface area (Å²) in [4.78, 5) is 27.7. The molecule has 0 N–H and O–H groups in total. The van der Waals surface area contributed by atoms with Crippen molar-refractivity contribution in [2.45, 2.75) is 26.9 Å². The second kappa shape index (κ2) is 13.4. The Morgan fingerprint density at radius 1 is 0.951 bits per heavy atom. The molecular weight excluding hydrogens is 563 g/mol. The molecular formula is C32H28Cl2N2O5. The first kappa shape index (κ1) is 29.7. The van der Waals surface area contributed by atoms with E-state index >= 15 is 0 Å². The highest BCUT2D eigenvalue weighted by Crippen LogP contribution is 2.33. The Labute approximate surface area is 249 Å². The molecule has 3 aromatic rings. The van der Waals surface area contributed by atoms with E-state index in [9.17, 15) is 14.9 Å². The van der Waals surface area contributed by atoms with E-state index in [1.807, 2.05) is 37.3 Å². The Morgan fingerprint density at radius 3 is 2.37 bits per heavy atom. The van der Waals surface area contributed by atoms with Gasteiger partial charge in [-0.3, -0.25) is 14.5 Å². The third-order valence-electron chi connectivity index (χ3n) is 6.59. The van der Waals surface area contributed by atoms with Crippen LogP contribution in [0.1, 0.15) is 30.5 Å². The van der Waals surface area contributed by atoms with Crippen LogP contribution in [-0.2, 0) is 22.6 Å². The summed E-state index contributed by atoms with van der Waals surface area (Å²) in [5.74, 6) is 0.628. The molecule has 1 heterocycles. The number of nitriles is 1. The van der Waals surface area contributed by atoms with Gasteiger partial charge in [0.25, 0.3) is 11.8 Å². The fourth-order valence-electron chi connectivity index (χ4n) is 4.33. The molecule has 0 spiro atoms. The number of carbonyl (C=O) groups excluding carboxylic acids is 2. The summed E-state index contributed by atoms with van der Waals surface area (Å²) in [7, 11) is 1.58. The highest BCUT2D eigenvalue weighted by molar-refractivity contribution is 6.35. The maximum atomic E-state index is 13.5. The molecule has 0 saturated carbocycles. The third-order valence-corrected chi connectivity index (χ3v) is 7.17. The predicted octanol–water partition coefficient (Wildman–Crippen LogP) is 6.81. The molecule has 210 valence electrons. The minimum absolute atomic E-state index is 0.0598. The van der Waals surface area contributed by atoms with Crippen LogP contribution in [0.15, 0.2) is 77.4 Å². The maximum Gasteiger partial charge on any atom is 0.271 e. The Balaban J connectivity index is 1.59. The molecule has 0 aliphatic carbocycles. The number of amides is 2. The van der Waals surface area contributed by atoms with Crippen molar-refractivity contribution < 1.29 is 23.8 Å². The molecule has 9 heteroatoms. The van der Waals surface area contributed by atoms with Gasteiger partial charge in [0.1, 0.15) is 24.0 Å². The van der Waals surface area contributed by atoms with Crippen LogP contribution < -0.4 is 14.2 Å². The summed E-state index contributed by atoms with van der Waals surface area (Å²) < 4.78 is 17.0. The van der Waals surface area contributed by atoms with Crippen LogP contribution in [0.4, 0.5) is 0 Å². The summed E-state index contributed by atoms with van der Waals surface area (Å²) in [5, 5.41) is 10.8. The van der Waals surface area contributed by atoms with E-state index in [2.05, 4.69) is 0 Å². The summed E-state index contributed by atoms with van der Waals surface area (Å²) in [6.45, 7) is 4.19. The molecule has 0 bridgehead atoms. The van der Waals surface area contributed by atoms with Gasteiger partial charge in [0.2, 0.25) is 0 Å². The fraction of sp³-hybridized carbons (Fsp3) is 0.219. The van der Waals surface area contributed by atoms with Crippen LogP contribution in [0.2, 0.25) is 10.0 Å². The summed E-state index contributed by atoms with van der Waals surface area (Å²) in [6, 6.07) is 19.8. The number of ether oxygens (including phenoxy) is 3. The number of nitrogens with zero attached hydrogens (tertiary/aromatic N) is 2. The Bertz CT molecular complexity index is 1570. The second-order valence-corrected chi connectivity index (χ2v) is 10.0. The molecule has 0 aromatic heterocycles. The van der Waals surface area contributed by atoms with Gasteiger partial charge in [-0.05, 0) is 79.4 Å². The number of hydrogen-bond acceptors (Lipinski definition) is 6. The third kappa shape index (κ3) is 6.91. The Morgan fingerprint density at radius 2 is 1.71 bits per heavy atom. The Hall–Kier alpha value is -4.25. The van der Waals surface area contributed by atoms with Gasteiger partial charge in [0, 0.05) is 27.7 Å². The maximum absolute atomic E-state index is 13.5. The van der Waals surface area contributed by atoms with E-state index in [0.717, 1.165) is 16.0 Å². The first-order chi connectivity index (χ1) is 19.7. The molecule has 7 nitrogen and oxygen atoms in total. The van der Waals surface area contributed by atoms with Gasteiger partial charge in [-0.15, -0.1) is 0 Å². The SMILES string of the molecule is CCOc1cc(/C=C2/C(=O)N(CCc3ccc(OC)cc3)C(=O)C(C#N)=C2C)ccc1OCc1ccc(Cl)cc1Cl. The summed E-state index contributed by atoms with van der Waals surface area (Å²) in [6.07, 6.45) is 2.09. The van der Waals surface area contributed by atoms with Gasteiger partial charge in [0.15, 0.2) is 11.5 Å². The van der Waals surface area contributed by atoms with Crippen molar-refractivity contribution >= 4 is 41.1 Å². The van der Waals surface area contributed by atoms with Gasteiger partial charge < -0.3 is 14.2 Å². The van der Waals surface area contributed by atoms with E-state index < -0.39 is 11.8 Å². The van der Waals surface area contributed by atoms with Crippen LogP contribution in [0.3, 0.4) is 0 Å². The largest absolute Gasteiger partial charge is 0.497 e. The highest BCUT2D eigenvalue weighted by Gasteiger charge is 2.35. The number of imide groups is 1. The number of methoxy groups -OCH3 is 1. The molecule has 4 rings (SSSR count). The normalized spacial score (nSPS) is 14.3. The quantitative estimate of drug-likeness (QED) is 0.190. The predicted molar refractivity (Wildman–Crippen MR) is 158 cm³/mol. The zero-order valence-corrected chi connectivity index (χ0v) is 24.4. The van der Waals surface area contributed by atoms with Crippen LogP contribution >= 0.6 is 23.2 Å². The van der Waals surface area contributed by atoms with Gasteiger partial charge >= 0.3 is 0 Å². The lowest BCUT2D eigenvalue weighted by atomic mass is 9.93. The molecule has 0 fully saturated rings. The van der Waals surface area contributed by atoms with Gasteiger partial charge in [-0.1, -0.05) is 47.5 Å². The molecule has 3 aromatic carbocycles. The van der Waals surface area contributed by atoms with Crippen molar-refractivity contribution in [1.29, 1.82) is 5.26 Å². The Kier molecular flexibility index (Phi) is 9.72. The van der Waals surface area contributed by atoms with E-state index in [1.165, 1.54) is 0 Å². The van der Waals surface area contributed by atoms with Crippen LogP contribution in [0.5, 0.6) is 17.2 Å². The average Bonchev–Trinajstić information content (AvgIpc) is 2.96.